The van der Waals surface area contributed by atoms with Crippen LogP contribution >= 0.6 is 0 Å². The zero-order valence-corrected chi connectivity index (χ0v) is 14.4. The second kappa shape index (κ2) is 6.62. The fraction of sp³-hybridized carbons (Fsp3) is 0.632. The van der Waals surface area contributed by atoms with E-state index in [0.717, 1.165) is 24.9 Å². The number of hydrogen-bond acceptors (Lipinski definition) is 3. The highest BCUT2D eigenvalue weighted by molar-refractivity contribution is 5.80. The van der Waals surface area contributed by atoms with Gasteiger partial charge >= 0.3 is 0 Å². The second-order valence-electron chi connectivity index (χ2n) is 7.55. The molecule has 0 aliphatic carbocycles. The van der Waals surface area contributed by atoms with Crippen LogP contribution in [0.1, 0.15) is 45.3 Å². The molecule has 2 heterocycles. The summed E-state index contributed by atoms with van der Waals surface area (Å²) in [6.45, 7) is 8.54. The molecule has 3 rings (SSSR count). The van der Waals surface area contributed by atoms with Crippen LogP contribution in [-0.4, -0.2) is 42.1 Å². The Morgan fingerprint density at radius 2 is 2.04 bits per heavy atom. The van der Waals surface area contributed by atoms with Crippen LogP contribution in [0.25, 0.3) is 0 Å². The van der Waals surface area contributed by atoms with Crippen molar-refractivity contribution in [2.75, 3.05) is 19.7 Å². The lowest BCUT2D eigenvalue weighted by molar-refractivity contribution is -0.160. The van der Waals surface area contributed by atoms with Crippen molar-refractivity contribution in [2.45, 2.75) is 51.3 Å². The molecule has 4 heteroatoms. The molecule has 0 spiro atoms. The maximum atomic E-state index is 13.1. The molecule has 1 aromatic carbocycles. The minimum absolute atomic E-state index is 0.0210. The van der Waals surface area contributed by atoms with Gasteiger partial charge in [-0.25, -0.2) is 0 Å². The molecule has 1 amide bonds. The molecule has 4 nitrogen and oxygen atoms in total. The maximum Gasteiger partial charge on any atom is 0.226 e. The van der Waals surface area contributed by atoms with E-state index in [1.165, 1.54) is 0 Å². The van der Waals surface area contributed by atoms with Gasteiger partial charge in [0.1, 0.15) is 6.10 Å². The third kappa shape index (κ3) is 3.59. The molecule has 2 aliphatic rings. The van der Waals surface area contributed by atoms with Crippen LogP contribution < -0.4 is 5.32 Å². The van der Waals surface area contributed by atoms with E-state index >= 15 is 0 Å². The number of piperidine rings is 1. The van der Waals surface area contributed by atoms with Crippen molar-refractivity contribution in [3.8, 4) is 0 Å². The molecule has 0 aromatic heterocycles. The van der Waals surface area contributed by atoms with Gasteiger partial charge in [-0.2, -0.15) is 0 Å². The van der Waals surface area contributed by atoms with Gasteiger partial charge in [0, 0.05) is 12.0 Å². The monoisotopic (exact) mass is 316 g/mol. The largest absolute Gasteiger partial charge is 0.369 e. The first-order valence-corrected chi connectivity index (χ1v) is 8.69. The summed E-state index contributed by atoms with van der Waals surface area (Å²) in [6.07, 6.45) is 1.85. The van der Waals surface area contributed by atoms with Gasteiger partial charge < -0.3 is 15.0 Å². The number of amides is 1. The summed E-state index contributed by atoms with van der Waals surface area (Å²) in [6, 6.07) is 10.6. The molecule has 0 radical (unpaired) electrons. The zero-order chi connectivity index (χ0) is 16.4. The summed E-state index contributed by atoms with van der Waals surface area (Å²) in [5.41, 5.74) is 0.913. The average molecular weight is 316 g/mol. The number of nitrogens with one attached hydrogen (secondary N) is 1. The first-order chi connectivity index (χ1) is 11.0. The van der Waals surface area contributed by atoms with Crippen LogP contribution in [0.4, 0.5) is 0 Å². The predicted octanol–water partition coefficient (Wildman–Crippen LogP) is 2.75. The summed E-state index contributed by atoms with van der Waals surface area (Å²) in [5, 5.41) is 3.43. The lowest BCUT2D eigenvalue weighted by Gasteiger charge is -2.47. The molecule has 2 aliphatic heterocycles. The van der Waals surface area contributed by atoms with Crippen LogP contribution in [-0.2, 0) is 9.53 Å². The van der Waals surface area contributed by atoms with E-state index in [1.54, 1.807) is 0 Å². The fourth-order valence-electron chi connectivity index (χ4n) is 3.68. The minimum Gasteiger partial charge on any atom is -0.369 e. The van der Waals surface area contributed by atoms with Crippen LogP contribution in [0.2, 0.25) is 0 Å². The van der Waals surface area contributed by atoms with E-state index in [1.807, 2.05) is 18.2 Å². The van der Waals surface area contributed by atoms with Gasteiger partial charge in [0.2, 0.25) is 5.91 Å². The zero-order valence-electron chi connectivity index (χ0n) is 14.4. The number of carbonyl (C=O) groups excluding carboxylic acids is 1. The van der Waals surface area contributed by atoms with E-state index < -0.39 is 0 Å². The van der Waals surface area contributed by atoms with Crippen molar-refractivity contribution in [3.63, 3.8) is 0 Å². The number of ether oxygens (including phenoxy) is 1. The van der Waals surface area contributed by atoms with Gasteiger partial charge in [0.15, 0.2) is 0 Å². The number of morpholine rings is 1. The van der Waals surface area contributed by atoms with Crippen LogP contribution in [0.15, 0.2) is 30.3 Å². The van der Waals surface area contributed by atoms with E-state index in [4.69, 9.17) is 4.74 Å². The number of benzene rings is 1. The Morgan fingerprint density at radius 1 is 1.30 bits per heavy atom. The summed E-state index contributed by atoms with van der Waals surface area (Å²) >= 11 is 0. The standard InChI is InChI=1S/C19H28N2O2/c1-14-11-16(9-10-20-14)18(22)21-12-17(23-13-19(21,2)3)15-7-5-4-6-8-15/h4-8,14,16-17,20H,9-13H2,1-3H3/t14-,16-,17?/m0/s1. The Kier molecular flexibility index (Phi) is 4.74. The predicted molar refractivity (Wildman–Crippen MR) is 91.1 cm³/mol. The molecular formula is C19H28N2O2. The fourth-order valence-corrected chi connectivity index (χ4v) is 3.68. The van der Waals surface area contributed by atoms with E-state index in [9.17, 15) is 4.79 Å². The van der Waals surface area contributed by atoms with Crippen LogP contribution in [0, 0.1) is 5.92 Å². The molecule has 2 saturated heterocycles. The number of rotatable bonds is 2. The first-order valence-electron chi connectivity index (χ1n) is 8.69. The quantitative estimate of drug-likeness (QED) is 0.912. The van der Waals surface area contributed by atoms with Gasteiger partial charge in [0.25, 0.3) is 0 Å². The van der Waals surface area contributed by atoms with E-state index in [-0.39, 0.29) is 17.6 Å². The van der Waals surface area contributed by atoms with Crippen molar-refractivity contribution in [1.29, 1.82) is 0 Å². The molecule has 0 bridgehead atoms. The van der Waals surface area contributed by atoms with Crippen molar-refractivity contribution >= 4 is 5.91 Å². The third-order valence-electron chi connectivity index (χ3n) is 5.13. The lowest BCUT2D eigenvalue weighted by Crippen LogP contribution is -2.58. The molecule has 1 aromatic rings. The van der Waals surface area contributed by atoms with E-state index in [2.05, 4.69) is 43.1 Å². The highest BCUT2D eigenvalue weighted by Crippen LogP contribution is 2.32. The smallest absolute Gasteiger partial charge is 0.226 e. The summed E-state index contributed by atoms with van der Waals surface area (Å²) in [7, 11) is 0. The van der Waals surface area contributed by atoms with Crippen molar-refractivity contribution < 1.29 is 9.53 Å². The number of carbonyl (C=O) groups is 1. The average Bonchev–Trinajstić information content (AvgIpc) is 2.55. The summed E-state index contributed by atoms with van der Waals surface area (Å²) in [4.78, 5) is 15.2. The van der Waals surface area contributed by atoms with Crippen LogP contribution in [0.5, 0.6) is 0 Å². The summed E-state index contributed by atoms with van der Waals surface area (Å²) < 4.78 is 6.06. The van der Waals surface area contributed by atoms with Gasteiger partial charge in [-0.1, -0.05) is 30.3 Å². The number of nitrogens with zero attached hydrogens (tertiary/aromatic N) is 1. The molecule has 2 fully saturated rings. The summed E-state index contributed by atoms with van der Waals surface area (Å²) in [5.74, 6) is 0.438. The molecule has 3 atom stereocenters. The SMILES string of the molecule is C[C@H]1C[C@@H](C(=O)N2CC(c3ccccc3)OCC2(C)C)CCN1. The topological polar surface area (TPSA) is 41.6 Å². The first kappa shape index (κ1) is 16.5. The van der Waals surface area contributed by atoms with Crippen molar-refractivity contribution in [1.82, 2.24) is 10.2 Å². The highest BCUT2D eigenvalue weighted by Gasteiger charge is 2.41. The number of hydrogen-bond donors (Lipinski definition) is 1. The highest BCUT2D eigenvalue weighted by atomic mass is 16.5. The van der Waals surface area contributed by atoms with E-state index in [0.29, 0.717) is 25.1 Å². The molecule has 23 heavy (non-hydrogen) atoms. The normalized spacial score (nSPS) is 30.9. The molecular weight excluding hydrogens is 288 g/mol. The molecule has 0 saturated carbocycles. The Morgan fingerprint density at radius 3 is 2.74 bits per heavy atom. The minimum atomic E-state index is -0.240. The van der Waals surface area contributed by atoms with Crippen molar-refractivity contribution in [2.24, 2.45) is 5.92 Å². The second-order valence-corrected chi connectivity index (χ2v) is 7.55. The Bertz CT molecular complexity index is 544. The van der Waals surface area contributed by atoms with Crippen LogP contribution in [0.3, 0.4) is 0 Å². The van der Waals surface area contributed by atoms with Gasteiger partial charge in [0.05, 0.1) is 18.7 Å². The van der Waals surface area contributed by atoms with Gasteiger partial charge in [-0.3, -0.25) is 4.79 Å². The molecule has 1 N–H and O–H groups in total. The lowest BCUT2D eigenvalue weighted by atomic mass is 9.89. The molecule has 1 unspecified atom stereocenters. The Labute approximate surface area is 139 Å². The van der Waals surface area contributed by atoms with Gasteiger partial charge in [-0.05, 0) is 45.7 Å². The Hall–Kier alpha value is -1.39. The Balaban J connectivity index is 1.76. The van der Waals surface area contributed by atoms with Gasteiger partial charge in [-0.15, -0.1) is 0 Å². The molecule has 126 valence electrons. The van der Waals surface area contributed by atoms with Crippen molar-refractivity contribution in [3.05, 3.63) is 35.9 Å². The maximum absolute atomic E-state index is 13.1. The third-order valence-corrected chi connectivity index (χ3v) is 5.13.